The first kappa shape index (κ1) is 18.0. The molecule has 0 spiro atoms. The summed E-state index contributed by atoms with van der Waals surface area (Å²) in [5.74, 6) is -0.655. The number of hydrogen-bond donors (Lipinski definition) is 0. The van der Waals surface area contributed by atoms with Crippen LogP contribution in [0, 0.1) is 0 Å². The molecule has 7 heteroatoms. The lowest BCUT2D eigenvalue weighted by atomic mass is 10.2. The third-order valence-corrected chi connectivity index (χ3v) is 3.10. The molecule has 0 bridgehead atoms. The Morgan fingerprint density at radius 2 is 1.73 bits per heavy atom. The second-order valence-corrected chi connectivity index (χ2v) is 6.23. The van der Waals surface area contributed by atoms with E-state index in [0.717, 1.165) is 18.9 Å². The quantitative estimate of drug-likeness (QED) is 0.739. The van der Waals surface area contributed by atoms with Crippen molar-refractivity contribution in [1.82, 2.24) is 14.9 Å². The smallest absolute Gasteiger partial charge is 0.429 e. The highest BCUT2D eigenvalue weighted by Crippen LogP contribution is 2.16. The minimum absolute atomic E-state index is 0.107. The fraction of sp³-hybridized carbons (Fsp3) is 0.667. The van der Waals surface area contributed by atoms with Crippen LogP contribution in [0.25, 0.3) is 0 Å². The van der Waals surface area contributed by atoms with Gasteiger partial charge in [0.15, 0.2) is 0 Å². The van der Waals surface area contributed by atoms with Crippen molar-refractivity contribution in [3.05, 3.63) is 12.7 Å². The molecule has 1 rings (SSSR count). The highest BCUT2D eigenvalue weighted by atomic mass is 16.6. The van der Waals surface area contributed by atoms with Gasteiger partial charge in [-0.2, -0.15) is 0 Å². The number of rotatable bonds is 3. The summed E-state index contributed by atoms with van der Waals surface area (Å²) in [6.45, 7) is 9.47. The van der Waals surface area contributed by atoms with E-state index in [1.54, 1.807) is 20.8 Å². The molecule has 1 aliphatic rings. The third-order valence-electron chi connectivity index (χ3n) is 3.10. The van der Waals surface area contributed by atoms with Crippen molar-refractivity contribution in [2.24, 2.45) is 0 Å². The van der Waals surface area contributed by atoms with Crippen LogP contribution in [0.15, 0.2) is 12.7 Å². The van der Waals surface area contributed by atoms with Crippen LogP contribution in [0.1, 0.15) is 33.6 Å². The van der Waals surface area contributed by atoms with Gasteiger partial charge in [0, 0.05) is 20.1 Å². The molecule has 0 aromatic heterocycles. The predicted molar refractivity (Wildman–Crippen MR) is 81.7 cm³/mol. The molecular formula is C15H25N3O4. The van der Waals surface area contributed by atoms with Crippen molar-refractivity contribution in [2.75, 3.05) is 26.7 Å². The van der Waals surface area contributed by atoms with Crippen LogP contribution in [-0.4, -0.2) is 65.1 Å². The van der Waals surface area contributed by atoms with Gasteiger partial charge < -0.3 is 9.64 Å². The molecule has 0 N–H and O–H groups in total. The molecule has 0 radical (unpaired) electrons. The lowest BCUT2D eigenvalue weighted by Gasteiger charge is -2.39. The zero-order valence-electron chi connectivity index (χ0n) is 13.8. The van der Waals surface area contributed by atoms with Gasteiger partial charge in [-0.05, 0) is 39.7 Å². The number of amides is 3. The first-order valence-electron chi connectivity index (χ1n) is 7.34. The van der Waals surface area contributed by atoms with Gasteiger partial charge in [-0.3, -0.25) is 9.59 Å². The van der Waals surface area contributed by atoms with Gasteiger partial charge >= 0.3 is 6.09 Å². The van der Waals surface area contributed by atoms with Crippen LogP contribution in [0.4, 0.5) is 4.79 Å². The number of ether oxygens (including phenoxy) is 1. The van der Waals surface area contributed by atoms with E-state index < -0.39 is 11.7 Å². The molecule has 124 valence electrons. The predicted octanol–water partition coefficient (Wildman–Crippen LogP) is 1.41. The molecule has 1 aliphatic heterocycles. The van der Waals surface area contributed by atoms with E-state index in [9.17, 15) is 14.4 Å². The first-order valence-corrected chi connectivity index (χ1v) is 7.34. The van der Waals surface area contributed by atoms with Crippen molar-refractivity contribution in [2.45, 2.75) is 39.2 Å². The van der Waals surface area contributed by atoms with Gasteiger partial charge in [-0.15, -0.1) is 0 Å². The van der Waals surface area contributed by atoms with Crippen molar-refractivity contribution < 1.29 is 19.1 Å². The third kappa shape index (κ3) is 5.05. The molecule has 1 heterocycles. The van der Waals surface area contributed by atoms with Gasteiger partial charge in [-0.25, -0.2) is 14.8 Å². The monoisotopic (exact) mass is 311 g/mol. The molecule has 0 aliphatic carbocycles. The lowest BCUT2D eigenvalue weighted by Crippen LogP contribution is -2.56. The Balaban J connectivity index is 2.76. The average molecular weight is 311 g/mol. The number of nitrogens with zero attached hydrogens (tertiary/aromatic N) is 3. The molecule has 1 fully saturated rings. The Bertz CT molecular complexity index is 456. The van der Waals surface area contributed by atoms with E-state index in [1.165, 1.54) is 22.0 Å². The molecule has 0 aromatic carbocycles. The standard InChI is InChI=1S/C15H25N3O4/c1-6-12(19)16(5)11-13(20)17-9-7-8-10-18(17)14(21)22-15(2,3)4/h6H,1,7-11H2,2-5H3. The van der Waals surface area contributed by atoms with Crippen LogP contribution >= 0.6 is 0 Å². The summed E-state index contributed by atoms with van der Waals surface area (Å²) >= 11 is 0. The number of likely N-dealkylation sites (N-methyl/N-ethyl adjacent to an activating group) is 1. The van der Waals surface area contributed by atoms with Crippen LogP contribution in [0.3, 0.4) is 0 Å². The number of hydrogen-bond acceptors (Lipinski definition) is 4. The summed E-state index contributed by atoms with van der Waals surface area (Å²) < 4.78 is 5.33. The Hall–Kier alpha value is -2.05. The summed E-state index contributed by atoms with van der Waals surface area (Å²) in [4.78, 5) is 37.3. The summed E-state index contributed by atoms with van der Waals surface area (Å²) in [7, 11) is 1.52. The van der Waals surface area contributed by atoms with Crippen LogP contribution in [-0.2, 0) is 14.3 Å². The van der Waals surface area contributed by atoms with Gasteiger partial charge in [-0.1, -0.05) is 6.58 Å². The maximum atomic E-state index is 12.4. The Labute approximate surface area is 131 Å². The van der Waals surface area contributed by atoms with Gasteiger partial charge in [0.25, 0.3) is 5.91 Å². The van der Waals surface area contributed by atoms with Crippen LogP contribution in [0.5, 0.6) is 0 Å². The molecule has 22 heavy (non-hydrogen) atoms. The molecule has 7 nitrogen and oxygen atoms in total. The van der Waals surface area contributed by atoms with Crippen LogP contribution in [0.2, 0.25) is 0 Å². The second kappa shape index (κ2) is 7.29. The molecule has 1 saturated heterocycles. The molecule has 0 atom stereocenters. The molecule has 0 saturated carbocycles. The average Bonchev–Trinajstić information content (AvgIpc) is 2.44. The SMILES string of the molecule is C=CC(=O)N(C)CC(=O)N1CCCCN1C(=O)OC(C)(C)C. The number of carbonyl (C=O) groups is 3. The highest BCUT2D eigenvalue weighted by molar-refractivity contribution is 5.91. The fourth-order valence-electron chi connectivity index (χ4n) is 2.05. The van der Waals surface area contributed by atoms with E-state index in [2.05, 4.69) is 6.58 Å². The van der Waals surface area contributed by atoms with Gasteiger partial charge in [0.1, 0.15) is 12.1 Å². The molecular weight excluding hydrogens is 286 g/mol. The van der Waals surface area contributed by atoms with Crippen molar-refractivity contribution >= 4 is 17.9 Å². The van der Waals surface area contributed by atoms with Gasteiger partial charge in [0.05, 0.1) is 0 Å². The highest BCUT2D eigenvalue weighted by Gasteiger charge is 2.32. The maximum Gasteiger partial charge on any atom is 0.429 e. The number of carbonyl (C=O) groups excluding carboxylic acids is 3. The van der Waals surface area contributed by atoms with Crippen molar-refractivity contribution in [1.29, 1.82) is 0 Å². The lowest BCUT2D eigenvalue weighted by molar-refractivity contribution is -0.154. The van der Waals surface area contributed by atoms with E-state index in [-0.39, 0.29) is 18.4 Å². The first-order chi connectivity index (χ1) is 10.2. The summed E-state index contributed by atoms with van der Waals surface area (Å²) in [5.41, 5.74) is -0.626. The van der Waals surface area contributed by atoms with E-state index in [1.807, 2.05) is 0 Å². The Kier molecular flexibility index (Phi) is 5.96. The molecule has 0 unspecified atom stereocenters. The zero-order chi connectivity index (χ0) is 16.9. The normalized spacial score (nSPS) is 15.3. The topological polar surface area (TPSA) is 70.2 Å². The van der Waals surface area contributed by atoms with Gasteiger partial charge in [0.2, 0.25) is 5.91 Å². The Morgan fingerprint density at radius 3 is 2.23 bits per heavy atom. The summed E-state index contributed by atoms with van der Waals surface area (Å²) in [6, 6.07) is 0. The fourth-order valence-corrected chi connectivity index (χ4v) is 2.05. The van der Waals surface area contributed by atoms with E-state index in [4.69, 9.17) is 4.74 Å². The van der Waals surface area contributed by atoms with E-state index in [0.29, 0.717) is 13.1 Å². The minimum atomic E-state index is -0.626. The second-order valence-electron chi connectivity index (χ2n) is 6.23. The molecule has 3 amide bonds. The maximum absolute atomic E-state index is 12.4. The number of hydrazine groups is 1. The zero-order valence-corrected chi connectivity index (χ0v) is 13.8. The largest absolute Gasteiger partial charge is 0.442 e. The Morgan fingerprint density at radius 1 is 1.18 bits per heavy atom. The van der Waals surface area contributed by atoms with Crippen LogP contribution < -0.4 is 0 Å². The summed E-state index contributed by atoms with van der Waals surface area (Å²) in [6.07, 6.45) is 2.22. The van der Waals surface area contributed by atoms with E-state index >= 15 is 0 Å². The summed E-state index contributed by atoms with van der Waals surface area (Å²) in [5, 5.41) is 2.69. The minimum Gasteiger partial charge on any atom is -0.442 e. The van der Waals surface area contributed by atoms with Crippen molar-refractivity contribution in [3.8, 4) is 0 Å². The van der Waals surface area contributed by atoms with Crippen molar-refractivity contribution in [3.63, 3.8) is 0 Å². The molecule has 0 aromatic rings.